The topological polar surface area (TPSA) is 12.5 Å². The van der Waals surface area contributed by atoms with Crippen LogP contribution in [0.4, 0.5) is 0 Å². The van der Waals surface area contributed by atoms with Crippen molar-refractivity contribution in [3.8, 4) is 0 Å². The van der Waals surface area contributed by atoms with E-state index in [0.717, 1.165) is 26.3 Å². The number of ether oxygens (including phenoxy) is 1. The van der Waals surface area contributed by atoms with E-state index in [1.165, 1.54) is 6.54 Å². The summed E-state index contributed by atoms with van der Waals surface area (Å²) < 4.78 is 5.16. The first-order chi connectivity index (χ1) is 4.93. The molecule has 0 unspecified atom stereocenters. The van der Waals surface area contributed by atoms with Crippen LogP contribution in [0.3, 0.4) is 0 Å². The quantitative estimate of drug-likeness (QED) is 0.552. The van der Waals surface area contributed by atoms with Crippen molar-refractivity contribution < 1.29 is 4.74 Å². The normalized spacial score (nSPS) is 19.5. The molecule has 10 heavy (non-hydrogen) atoms. The van der Waals surface area contributed by atoms with E-state index in [4.69, 9.17) is 4.74 Å². The van der Waals surface area contributed by atoms with Gasteiger partial charge >= 0.3 is 0 Å². The highest BCUT2D eigenvalue weighted by Gasteiger charge is 2.05. The smallest absolute Gasteiger partial charge is 0.0594 e. The van der Waals surface area contributed by atoms with Crippen molar-refractivity contribution in [3.05, 3.63) is 0 Å². The second kappa shape index (κ2) is 7.03. The maximum atomic E-state index is 5.16. The minimum absolute atomic E-state index is 0.924. The molecule has 1 fully saturated rings. The van der Waals surface area contributed by atoms with Gasteiger partial charge in [-0.05, 0) is 6.54 Å². The van der Waals surface area contributed by atoms with Crippen molar-refractivity contribution in [2.75, 3.05) is 32.8 Å². The lowest BCUT2D eigenvalue weighted by Crippen LogP contribution is -2.35. The zero-order valence-electron chi connectivity index (χ0n) is 7.39. The highest BCUT2D eigenvalue weighted by Crippen LogP contribution is 1.93. The molecule has 0 aromatic carbocycles. The van der Waals surface area contributed by atoms with Crippen LogP contribution < -0.4 is 0 Å². The highest BCUT2D eigenvalue weighted by molar-refractivity contribution is 4.57. The summed E-state index contributed by atoms with van der Waals surface area (Å²) in [5.74, 6) is 0. The minimum atomic E-state index is 0.924. The van der Waals surface area contributed by atoms with Crippen LogP contribution in [0, 0.1) is 0 Å². The summed E-state index contributed by atoms with van der Waals surface area (Å²) in [7, 11) is 0. The Labute approximate surface area is 64.2 Å². The van der Waals surface area contributed by atoms with E-state index in [0.29, 0.717) is 0 Å². The Balaban J connectivity index is 0.000000371. The van der Waals surface area contributed by atoms with E-state index < -0.39 is 0 Å². The van der Waals surface area contributed by atoms with Gasteiger partial charge in [0, 0.05) is 13.1 Å². The zero-order valence-corrected chi connectivity index (χ0v) is 7.39. The number of morpholine rings is 1. The third-order valence-corrected chi connectivity index (χ3v) is 1.55. The van der Waals surface area contributed by atoms with Crippen molar-refractivity contribution in [2.24, 2.45) is 0 Å². The number of nitrogens with zero attached hydrogens (tertiary/aromatic N) is 1. The van der Waals surface area contributed by atoms with E-state index in [9.17, 15) is 0 Å². The van der Waals surface area contributed by atoms with Gasteiger partial charge in [-0.2, -0.15) is 0 Å². The molecule has 0 radical (unpaired) electrons. The molecule has 1 aliphatic rings. The van der Waals surface area contributed by atoms with Crippen LogP contribution in [-0.2, 0) is 4.74 Å². The average molecular weight is 145 g/mol. The summed E-state index contributed by atoms with van der Waals surface area (Å²) in [6, 6.07) is 0. The molecule has 0 saturated carbocycles. The summed E-state index contributed by atoms with van der Waals surface area (Å²) in [4.78, 5) is 2.39. The molecular formula is C8H19NO. The maximum absolute atomic E-state index is 5.16. The Morgan fingerprint density at radius 2 is 1.70 bits per heavy atom. The first-order valence-electron chi connectivity index (χ1n) is 4.23. The molecule has 2 nitrogen and oxygen atoms in total. The van der Waals surface area contributed by atoms with Gasteiger partial charge in [0.25, 0.3) is 0 Å². The van der Waals surface area contributed by atoms with Crippen LogP contribution in [0.25, 0.3) is 0 Å². The van der Waals surface area contributed by atoms with Crippen molar-refractivity contribution in [2.45, 2.75) is 20.8 Å². The summed E-state index contributed by atoms with van der Waals surface area (Å²) in [6.07, 6.45) is 0. The molecule has 0 spiro atoms. The van der Waals surface area contributed by atoms with Gasteiger partial charge in [-0.15, -0.1) is 0 Å². The fraction of sp³-hybridized carbons (Fsp3) is 1.00. The number of likely N-dealkylation sites (N-methyl/N-ethyl adjacent to an activating group) is 1. The number of hydrogen-bond acceptors (Lipinski definition) is 2. The molecule has 1 aliphatic heterocycles. The van der Waals surface area contributed by atoms with Crippen LogP contribution >= 0.6 is 0 Å². The average Bonchev–Trinajstić information content (AvgIpc) is 2.10. The van der Waals surface area contributed by atoms with Gasteiger partial charge in [-0.3, -0.25) is 4.90 Å². The monoisotopic (exact) mass is 145 g/mol. The highest BCUT2D eigenvalue weighted by atomic mass is 16.5. The molecule has 0 amide bonds. The van der Waals surface area contributed by atoms with Crippen molar-refractivity contribution in [3.63, 3.8) is 0 Å². The molecule has 2 heteroatoms. The molecule has 0 atom stereocenters. The summed E-state index contributed by atoms with van der Waals surface area (Å²) in [5.41, 5.74) is 0. The zero-order chi connectivity index (χ0) is 7.82. The number of hydrogen-bond donors (Lipinski definition) is 0. The van der Waals surface area contributed by atoms with Crippen LogP contribution in [0.1, 0.15) is 20.8 Å². The van der Waals surface area contributed by atoms with Gasteiger partial charge in [0.05, 0.1) is 13.2 Å². The van der Waals surface area contributed by atoms with E-state index >= 15 is 0 Å². The molecule has 62 valence electrons. The molecule has 0 aromatic rings. The van der Waals surface area contributed by atoms with Gasteiger partial charge in [-0.25, -0.2) is 0 Å². The van der Waals surface area contributed by atoms with Crippen LogP contribution in [0.15, 0.2) is 0 Å². The molecule has 0 bridgehead atoms. The lowest BCUT2D eigenvalue weighted by atomic mass is 10.4. The van der Waals surface area contributed by atoms with Crippen molar-refractivity contribution in [1.82, 2.24) is 4.90 Å². The Morgan fingerprint density at radius 1 is 1.20 bits per heavy atom. The van der Waals surface area contributed by atoms with Crippen LogP contribution in [0.2, 0.25) is 0 Å². The molecule has 1 heterocycles. The lowest BCUT2D eigenvalue weighted by Gasteiger charge is -2.24. The number of rotatable bonds is 1. The van der Waals surface area contributed by atoms with Gasteiger partial charge in [-0.1, -0.05) is 20.8 Å². The third-order valence-electron chi connectivity index (χ3n) is 1.55. The Hall–Kier alpha value is -0.0800. The second-order valence-corrected chi connectivity index (χ2v) is 2.05. The molecular weight excluding hydrogens is 126 g/mol. The minimum Gasteiger partial charge on any atom is -0.379 e. The first kappa shape index (κ1) is 9.92. The standard InChI is InChI=1S/C6H13NO.C2H6/c1-2-7-3-5-8-6-4-7;1-2/h2-6H2,1H3;1-2H3. The molecule has 0 N–H and O–H groups in total. The summed E-state index contributed by atoms with van der Waals surface area (Å²) >= 11 is 0. The van der Waals surface area contributed by atoms with Gasteiger partial charge in [0.2, 0.25) is 0 Å². The fourth-order valence-electron chi connectivity index (χ4n) is 0.917. The molecule has 0 aromatic heterocycles. The van der Waals surface area contributed by atoms with Crippen LogP contribution in [0.5, 0.6) is 0 Å². The summed E-state index contributed by atoms with van der Waals surface area (Å²) in [5, 5.41) is 0. The lowest BCUT2D eigenvalue weighted by molar-refractivity contribution is 0.0405. The van der Waals surface area contributed by atoms with Gasteiger partial charge in [0.15, 0.2) is 0 Å². The Kier molecular flexibility index (Phi) is 6.98. The first-order valence-corrected chi connectivity index (χ1v) is 4.23. The maximum Gasteiger partial charge on any atom is 0.0594 e. The molecule has 1 rings (SSSR count). The van der Waals surface area contributed by atoms with E-state index in [2.05, 4.69) is 11.8 Å². The van der Waals surface area contributed by atoms with Gasteiger partial charge in [0.1, 0.15) is 0 Å². The van der Waals surface area contributed by atoms with Crippen molar-refractivity contribution >= 4 is 0 Å². The fourth-order valence-corrected chi connectivity index (χ4v) is 0.917. The predicted molar refractivity (Wildman–Crippen MR) is 44.3 cm³/mol. The van der Waals surface area contributed by atoms with E-state index in [-0.39, 0.29) is 0 Å². The van der Waals surface area contributed by atoms with Gasteiger partial charge < -0.3 is 4.74 Å². The largest absolute Gasteiger partial charge is 0.379 e. The van der Waals surface area contributed by atoms with Crippen LogP contribution in [-0.4, -0.2) is 37.7 Å². The third kappa shape index (κ3) is 3.85. The predicted octanol–water partition coefficient (Wildman–Crippen LogP) is 1.36. The Bertz CT molecular complexity index is 60.3. The van der Waals surface area contributed by atoms with E-state index in [1.807, 2.05) is 13.8 Å². The second-order valence-electron chi connectivity index (χ2n) is 2.05. The molecule has 1 saturated heterocycles. The SMILES string of the molecule is CC.CCN1CCOCC1. The Morgan fingerprint density at radius 3 is 2.00 bits per heavy atom. The molecule has 0 aliphatic carbocycles. The summed E-state index contributed by atoms with van der Waals surface area (Å²) in [6.45, 7) is 11.4. The van der Waals surface area contributed by atoms with Crippen molar-refractivity contribution in [1.29, 1.82) is 0 Å². The van der Waals surface area contributed by atoms with E-state index in [1.54, 1.807) is 0 Å².